The molecule has 0 radical (unpaired) electrons. The first-order valence-corrected chi connectivity index (χ1v) is 10.1. The van der Waals surface area contributed by atoms with Crippen molar-refractivity contribution in [1.82, 2.24) is 20.5 Å². The van der Waals surface area contributed by atoms with Crippen LogP contribution in [0.2, 0.25) is 0 Å². The summed E-state index contributed by atoms with van der Waals surface area (Å²) in [4.78, 5) is 11.6. The van der Waals surface area contributed by atoms with Crippen LogP contribution in [0.25, 0.3) is 0 Å². The summed E-state index contributed by atoms with van der Waals surface area (Å²) in [6, 6.07) is 14.6. The molecule has 1 unspecified atom stereocenters. The van der Waals surface area contributed by atoms with Crippen molar-refractivity contribution in [2.45, 2.75) is 32.4 Å². The third-order valence-corrected chi connectivity index (χ3v) is 5.01. The van der Waals surface area contributed by atoms with Crippen molar-refractivity contribution in [2.75, 3.05) is 33.3 Å². The number of nitrogens with zero attached hydrogens (tertiary/aromatic N) is 3. The molecule has 6 heteroatoms. The standard InChI is InChI=1S/C22H31N5O/c1-3-23-22(25-16-19-8-4-5-13-24-19)26-17-21(27-14-6-7-15-27)18-9-11-20(28-2)12-10-18/h4-5,8-13,21H,3,6-7,14-17H2,1-2H3,(H2,23,25,26). The Hall–Kier alpha value is -2.60. The molecule has 0 amide bonds. The van der Waals surface area contributed by atoms with Crippen molar-refractivity contribution < 1.29 is 4.74 Å². The predicted molar refractivity (Wildman–Crippen MR) is 114 cm³/mol. The molecule has 0 spiro atoms. The summed E-state index contributed by atoms with van der Waals surface area (Å²) in [5.41, 5.74) is 2.27. The second-order valence-electron chi connectivity index (χ2n) is 6.93. The van der Waals surface area contributed by atoms with Gasteiger partial charge < -0.3 is 15.4 Å². The minimum Gasteiger partial charge on any atom is -0.497 e. The van der Waals surface area contributed by atoms with Gasteiger partial charge in [-0.3, -0.25) is 9.88 Å². The molecular formula is C22H31N5O. The summed E-state index contributed by atoms with van der Waals surface area (Å²) in [5, 5.41) is 6.87. The van der Waals surface area contributed by atoms with Gasteiger partial charge in [-0.05, 0) is 62.7 Å². The lowest BCUT2D eigenvalue weighted by atomic mass is 10.1. The zero-order valence-corrected chi connectivity index (χ0v) is 16.9. The Morgan fingerprint density at radius 2 is 1.93 bits per heavy atom. The number of guanidine groups is 1. The van der Waals surface area contributed by atoms with Crippen LogP contribution in [0.3, 0.4) is 0 Å². The molecule has 0 aliphatic carbocycles. The molecule has 1 fully saturated rings. The Kier molecular flexibility index (Phi) is 7.67. The Morgan fingerprint density at radius 1 is 1.14 bits per heavy atom. The first kappa shape index (κ1) is 20.1. The van der Waals surface area contributed by atoms with E-state index in [2.05, 4.69) is 39.6 Å². The van der Waals surface area contributed by atoms with Crippen molar-refractivity contribution in [2.24, 2.45) is 4.99 Å². The van der Waals surface area contributed by atoms with Crippen LogP contribution in [0.1, 0.15) is 37.1 Å². The van der Waals surface area contributed by atoms with Crippen LogP contribution in [0.4, 0.5) is 0 Å². The number of methoxy groups -OCH3 is 1. The second kappa shape index (κ2) is 10.7. The maximum absolute atomic E-state index is 5.31. The van der Waals surface area contributed by atoms with Crippen molar-refractivity contribution in [3.05, 3.63) is 59.9 Å². The van der Waals surface area contributed by atoms with Crippen LogP contribution in [0.15, 0.2) is 53.7 Å². The van der Waals surface area contributed by atoms with Gasteiger partial charge in [-0.15, -0.1) is 0 Å². The molecule has 1 aliphatic heterocycles. The predicted octanol–water partition coefficient (Wildman–Crippen LogP) is 2.98. The fraction of sp³-hybridized carbons (Fsp3) is 0.455. The smallest absolute Gasteiger partial charge is 0.191 e. The highest BCUT2D eigenvalue weighted by atomic mass is 16.5. The van der Waals surface area contributed by atoms with Gasteiger partial charge in [0.2, 0.25) is 0 Å². The number of aromatic nitrogens is 1. The van der Waals surface area contributed by atoms with E-state index in [0.717, 1.165) is 43.6 Å². The largest absolute Gasteiger partial charge is 0.497 e. The number of aliphatic imine (C=N–C) groups is 1. The lowest BCUT2D eigenvalue weighted by Gasteiger charge is -2.29. The molecule has 1 aliphatic rings. The van der Waals surface area contributed by atoms with E-state index in [1.165, 1.54) is 18.4 Å². The van der Waals surface area contributed by atoms with E-state index in [-0.39, 0.29) is 0 Å². The molecule has 2 aromatic rings. The number of pyridine rings is 1. The summed E-state index contributed by atoms with van der Waals surface area (Å²) >= 11 is 0. The van der Waals surface area contributed by atoms with E-state index >= 15 is 0 Å². The zero-order valence-electron chi connectivity index (χ0n) is 16.9. The van der Waals surface area contributed by atoms with Gasteiger partial charge in [0, 0.05) is 19.3 Å². The Balaban J connectivity index is 1.69. The summed E-state index contributed by atoms with van der Waals surface area (Å²) < 4.78 is 5.31. The minimum atomic E-state index is 0.312. The summed E-state index contributed by atoms with van der Waals surface area (Å²) in [6.45, 7) is 6.55. The third-order valence-electron chi connectivity index (χ3n) is 5.01. The highest BCUT2D eigenvalue weighted by Crippen LogP contribution is 2.26. The third kappa shape index (κ3) is 5.70. The molecule has 28 heavy (non-hydrogen) atoms. The molecule has 1 atom stereocenters. The van der Waals surface area contributed by atoms with Gasteiger partial charge in [0.15, 0.2) is 5.96 Å². The van der Waals surface area contributed by atoms with Gasteiger partial charge in [-0.1, -0.05) is 18.2 Å². The maximum atomic E-state index is 5.31. The Bertz CT molecular complexity index is 726. The van der Waals surface area contributed by atoms with Gasteiger partial charge in [-0.25, -0.2) is 4.99 Å². The molecular weight excluding hydrogens is 350 g/mol. The second-order valence-corrected chi connectivity index (χ2v) is 6.93. The molecule has 3 rings (SSSR count). The lowest BCUT2D eigenvalue weighted by Crippen LogP contribution is -2.42. The summed E-state index contributed by atoms with van der Waals surface area (Å²) in [6.07, 6.45) is 4.33. The molecule has 0 saturated carbocycles. The van der Waals surface area contributed by atoms with E-state index in [1.807, 2.05) is 30.3 Å². The maximum Gasteiger partial charge on any atom is 0.191 e. The van der Waals surface area contributed by atoms with E-state index in [1.54, 1.807) is 13.3 Å². The number of nitrogens with one attached hydrogen (secondary N) is 2. The van der Waals surface area contributed by atoms with E-state index < -0.39 is 0 Å². The van der Waals surface area contributed by atoms with Crippen LogP contribution in [-0.4, -0.2) is 49.1 Å². The van der Waals surface area contributed by atoms with Gasteiger partial charge in [-0.2, -0.15) is 0 Å². The van der Waals surface area contributed by atoms with Crippen molar-refractivity contribution in [3.8, 4) is 5.75 Å². The quantitative estimate of drug-likeness (QED) is 0.544. The number of rotatable bonds is 8. The fourth-order valence-electron chi connectivity index (χ4n) is 3.52. The highest BCUT2D eigenvalue weighted by molar-refractivity contribution is 5.79. The van der Waals surface area contributed by atoms with E-state index in [4.69, 9.17) is 9.73 Å². The summed E-state index contributed by atoms with van der Waals surface area (Å²) in [7, 11) is 1.70. The Labute approximate surface area is 168 Å². The van der Waals surface area contributed by atoms with E-state index in [0.29, 0.717) is 12.6 Å². The monoisotopic (exact) mass is 381 g/mol. The topological polar surface area (TPSA) is 61.8 Å². The molecule has 2 N–H and O–H groups in total. The number of hydrogen-bond acceptors (Lipinski definition) is 4. The average molecular weight is 382 g/mol. The Morgan fingerprint density at radius 3 is 2.57 bits per heavy atom. The van der Waals surface area contributed by atoms with E-state index in [9.17, 15) is 0 Å². The van der Waals surface area contributed by atoms with Crippen molar-refractivity contribution in [3.63, 3.8) is 0 Å². The van der Waals surface area contributed by atoms with Gasteiger partial charge in [0.25, 0.3) is 0 Å². The highest BCUT2D eigenvalue weighted by Gasteiger charge is 2.23. The average Bonchev–Trinajstić information content (AvgIpc) is 3.28. The minimum absolute atomic E-state index is 0.312. The van der Waals surface area contributed by atoms with Gasteiger partial charge in [0.1, 0.15) is 5.75 Å². The van der Waals surface area contributed by atoms with Crippen LogP contribution in [0.5, 0.6) is 5.75 Å². The summed E-state index contributed by atoms with van der Waals surface area (Å²) in [5.74, 6) is 1.72. The lowest BCUT2D eigenvalue weighted by molar-refractivity contribution is 0.245. The number of ether oxygens (including phenoxy) is 1. The number of benzene rings is 1. The van der Waals surface area contributed by atoms with Gasteiger partial charge >= 0.3 is 0 Å². The molecule has 1 saturated heterocycles. The van der Waals surface area contributed by atoms with Crippen molar-refractivity contribution in [1.29, 1.82) is 0 Å². The van der Waals surface area contributed by atoms with Crippen LogP contribution < -0.4 is 15.4 Å². The fourth-order valence-corrected chi connectivity index (χ4v) is 3.52. The molecule has 1 aromatic heterocycles. The van der Waals surface area contributed by atoms with Crippen LogP contribution in [0, 0.1) is 0 Å². The number of hydrogen-bond donors (Lipinski definition) is 2. The molecule has 1 aromatic carbocycles. The normalized spacial score (nSPS) is 16.0. The molecule has 0 bridgehead atoms. The molecule has 6 nitrogen and oxygen atoms in total. The zero-order chi connectivity index (χ0) is 19.6. The first-order valence-electron chi connectivity index (χ1n) is 10.1. The van der Waals surface area contributed by atoms with Crippen LogP contribution in [-0.2, 0) is 6.54 Å². The van der Waals surface area contributed by atoms with Crippen molar-refractivity contribution >= 4 is 5.96 Å². The SMILES string of the molecule is CCNC(=NCc1ccccn1)NCC(c1ccc(OC)cc1)N1CCCC1. The molecule has 150 valence electrons. The number of likely N-dealkylation sites (tertiary alicyclic amines) is 1. The van der Waals surface area contributed by atoms with Crippen LogP contribution >= 0.6 is 0 Å². The first-order chi connectivity index (χ1) is 13.8. The van der Waals surface area contributed by atoms with Gasteiger partial charge in [0.05, 0.1) is 25.4 Å². The molecule has 2 heterocycles.